The third-order valence-electron chi connectivity index (χ3n) is 2.44. The summed E-state index contributed by atoms with van der Waals surface area (Å²) < 4.78 is 19.9. The highest BCUT2D eigenvalue weighted by molar-refractivity contribution is 9.10. The van der Waals surface area contributed by atoms with Crippen molar-refractivity contribution in [3.05, 3.63) is 56.7 Å². The van der Waals surface area contributed by atoms with Crippen LogP contribution in [-0.4, -0.2) is 5.78 Å². The van der Waals surface area contributed by atoms with Crippen molar-refractivity contribution in [2.24, 2.45) is 0 Å². The van der Waals surface area contributed by atoms with E-state index in [0.717, 1.165) is 4.47 Å². The molecule has 0 N–H and O–H groups in total. The highest BCUT2D eigenvalue weighted by Gasteiger charge is 2.11. The topological polar surface area (TPSA) is 26.3 Å². The van der Waals surface area contributed by atoms with Crippen LogP contribution in [0.25, 0.3) is 0 Å². The van der Waals surface area contributed by atoms with Crippen molar-refractivity contribution in [1.82, 2.24) is 0 Å². The molecule has 0 saturated carbocycles. The molecule has 2 aromatic carbocycles. The number of benzene rings is 2. The fraction of sp³-hybridized carbons (Fsp3) is 0.0714. The molecule has 0 atom stereocenters. The second kappa shape index (κ2) is 5.84. The molecule has 2 nitrogen and oxygen atoms in total. The Bertz CT molecular complexity index is 641. The number of carbonyl (C=O) groups is 1. The number of hydrogen-bond acceptors (Lipinski definition) is 2. The predicted molar refractivity (Wildman–Crippen MR) is 78.3 cm³/mol. The zero-order valence-corrected chi connectivity index (χ0v) is 13.1. The molecule has 0 bridgehead atoms. The highest BCUT2D eigenvalue weighted by atomic mass is 79.9. The molecule has 98 valence electrons. The second-order valence-corrected chi connectivity index (χ2v) is 5.64. The van der Waals surface area contributed by atoms with Crippen LogP contribution in [-0.2, 0) is 0 Å². The summed E-state index contributed by atoms with van der Waals surface area (Å²) in [5, 5.41) is 0. The molecule has 2 rings (SSSR count). The van der Waals surface area contributed by atoms with E-state index < -0.39 is 0 Å². The Morgan fingerprint density at radius 3 is 2.53 bits per heavy atom. The van der Waals surface area contributed by atoms with Crippen LogP contribution in [0.1, 0.15) is 17.3 Å². The standard InChI is InChI=1S/C14H9Br2FO2/c1-8(18)11-6-9(15)2-5-14(11)19-10-3-4-13(17)12(16)7-10/h2-7H,1H3. The fourth-order valence-corrected chi connectivity index (χ4v) is 2.25. The van der Waals surface area contributed by atoms with Gasteiger partial charge in [-0.2, -0.15) is 0 Å². The normalized spacial score (nSPS) is 10.3. The lowest BCUT2D eigenvalue weighted by Crippen LogP contribution is -1.97. The molecule has 0 aliphatic rings. The molecule has 5 heteroatoms. The minimum absolute atomic E-state index is 0.0996. The molecule has 2 aromatic rings. The summed E-state index contributed by atoms with van der Waals surface area (Å²) in [6.07, 6.45) is 0. The Morgan fingerprint density at radius 2 is 1.89 bits per heavy atom. The van der Waals surface area contributed by atoms with Gasteiger partial charge in [-0.15, -0.1) is 0 Å². The van der Waals surface area contributed by atoms with Crippen molar-refractivity contribution >= 4 is 37.6 Å². The van der Waals surface area contributed by atoms with Gasteiger partial charge in [-0.1, -0.05) is 15.9 Å². The van der Waals surface area contributed by atoms with Crippen LogP contribution in [0.4, 0.5) is 4.39 Å². The SMILES string of the molecule is CC(=O)c1cc(Br)ccc1Oc1ccc(F)c(Br)c1. The van der Waals surface area contributed by atoms with E-state index in [1.54, 1.807) is 18.2 Å². The lowest BCUT2D eigenvalue weighted by atomic mass is 10.1. The monoisotopic (exact) mass is 386 g/mol. The Morgan fingerprint density at radius 1 is 1.16 bits per heavy atom. The summed E-state index contributed by atoms with van der Waals surface area (Å²) in [5.74, 6) is 0.430. The van der Waals surface area contributed by atoms with E-state index in [1.165, 1.54) is 25.1 Å². The van der Waals surface area contributed by atoms with Gasteiger partial charge in [0.05, 0.1) is 10.0 Å². The van der Waals surface area contributed by atoms with Gasteiger partial charge in [0, 0.05) is 4.47 Å². The van der Waals surface area contributed by atoms with Gasteiger partial charge in [-0.25, -0.2) is 4.39 Å². The van der Waals surface area contributed by atoms with Gasteiger partial charge in [-0.3, -0.25) is 4.79 Å². The molecule has 0 radical (unpaired) electrons. The predicted octanol–water partition coefficient (Wildman–Crippen LogP) is 5.35. The largest absolute Gasteiger partial charge is 0.457 e. The van der Waals surface area contributed by atoms with Crippen LogP contribution in [0.15, 0.2) is 45.3 Å². The lowest BCUT2D eigenvalue weighted by Gasteiger charge is -2.10. The van der Waals surface area contributed by atoms with E-state index in [1.807, 2.05) is 0 Å². The van der Waals surface area contributed by atoms with Crippen LogP contribution >= 0.6 is 31.9 Å². The molecule has 19 heavy (non-hydrogen) atoms. The van der Waals surface area contributed by atoms with Crippen molar-refractivity contribution in [3.8, 4) is 11.5 Å². The van der Waals surface area contributed by atoms with Crippen molar-refractivity contribution in [1.29, 1.82) is 0 Å². The van der Waals surface area contributed by atoms with E-state index >= 15 is 0 Å². The Balaban J connectivity index is 2.37. The van der Waals surface area contributed by atoms with Crippen LogP contribution < -0.4 is 4.74 Å². The first kappa shape index (κ1) is 14.2. The molecule has 0 unspecified atom stereocenters. The van der Waals surface area contributed by atoms with E-state index in [0.29, 0.717) is 21.5 Å². The maximum absolute atomic E-state index is 13.1. The van der Waals surface area contributed by atoms with Crippen molar-refractivity contribution in [2.45, 2.75) is 6.92 Å². The average molecular weight is 388 g/mol. The van der Waals surface area contributed by atoms with Gasteiger partial charge in [-0.05, 0) is 59.3 Å². The number of ether oxygens (including phenoxy) is 1. The van der Waals surface area contributed by atoms with Crippen LogP contribution in [0.5, 0.6) is 11.5 Å². The third-order valence-corrected chi connectivity index (χ3v) is 3.54. The Hall–Kier alpha value is -1.20. The maximum Gasteiger partial charge on any atom is 0.163 e. The van der Waals surface area contributed by atoms with E-state index in [4.69, 9.17) is 4.74 Å². The summed E-state index contributed by atoms with van der Waals surface area (Å²) in [6, 6.07) is 9.48. The quantitative estimate of drug-likeness (QED) is 0.664. The van der Waals surface area contributed by atoms with Crippen LogP contribution in [0.2, 0.25) is 0 Å². The summed E-state index contributed by atoms with van der Waals surface area (Å²) in [7, 11) is 0. The zero-order chi connectivity index (χ0) is 14.0. The summed E-state index contributed by atoms with van der Waals surface area (Å²) in [6.45, 7) is 1.47. The first-order valence-electron chi connectivity index (χ1n) is 5.41. The summed E-state index contributed by atoms with van der Waals surface area (Å²) in [5.41, 5.74) is 0.467. The van der Waals surface area contributed by atoms with Gasteiger partial charge >= 0.3 is 0 Å². The van der Waals surface area contributed by atoms with Crippen LogP contribution in [0.3, 0.4) is 0 Å². The number of carbonyl (C=O) groups excluding carboxylic acids is 1. The third kappa shape index (κ3) is 3.42. The molecule has 0 heterocycles. The first-order valence-corrected chi connectivity index (χ1v) is 6.99. The smallest absolute Gasteiger partial charge is 0.163 e. The first-order chi connectivity index (χ1) is 8.97. The fourth-order valence-electron chi connectivity index (χ4n) is 1.53. The average Bonchev–Trinajstić information content (AvgIpc) is 2.36. The number of ketones is 1. The Labute approximate surface area is 126 Å². The van der Waals surface area contributed by atoms with Gasteiger partial charge in [0.25, 0.3) is 0 Å². The van der Waals surface area contributed by atoms with Crippen LogP contribution in [0, 0.1) is 5.82 Å². The number of rotatable bonds is 3. The minimum Gasteiger partial charge on any atom is -0.457 e. The second-order valence-electron chi connectivity index (χ2n) is 3.87. The number of hydrogen-bond donors (Lipinski definition) is 0. The van der Waals surface area contributed by atoms with E-state index in [2.05, 4.69) is 31.9 Å². The van der Waals surface area contributed by atoms with Crippen molar-refractivity contribution < 1.29 is 13.9 Å². The number of halogens is 3. The lowest BCUT2D eigenvalue weighted by molar-refractivity contribution is 0.101. The van der Waals surface area contributed by atoms with Gasteiger partial charge in [0.2, 0.25) is 0 Å². The molecule has 0 amide bonds. The maximum atomic E-state index is 13.1. The van der Waals surface area contributed by atoms with Gasteiger partial charge < -0.3 is 4.74 Å². The van der Waals surface area contributed by atoms with Gasteiger partial charge in [0.1, 0.15) is 17.3 Å². The summed E-state index contributed by atoms with van der Waals surface area (Å²) >= 11 is 6.40. The molecule has 0 spiro atoms. The molecule has 0 aliphatic heterocycles. The number of Topliss-reactive ketones (excluding diaryl/α,β-unsaturated/α-hetero) is 1. The molecular formula is C14H9Br2FO2. The molecule has 0 saturated heterocycles. The molecule has 0 fully saturated rings. The molecule has 0 aliphatic carbocycles. The van der Waals surface area contributed by atoms with E-state index in [-0.39, 0.29) is 11.6 Å². The van der Waals surface area contributed by atoms with Crippen molar-refractivity contribution in [3.63, 3.8) is 0 Å². The van der Waals surface area contributed by atoms with E-state index in [9.17, 15) is 9.18 Å². The highest BCUT2D eigenvalue weighted by Crippen LogP contribution is 2.30. The minimum atomic E-state index is -0.366. The Kier molecular flexibility index (Phi) is 4.37. The summed E-state index contributed by atoms with van der Waals surface area (Å²) in [4.78, 5) is 11.6. The molecular weight excluding hydrogens is 379 g/mol. The van der Waals surface area contributed by atoms with Gasteiger partial charge in [0.15, 0.2) is 5.78 Å². The zero-order valence-electron chi connectivity index (χ0n) is 9.91. The molecule has 0 aromatic heterocycles. The van der Waals surface area contributed by atoms with Crippen molar-refractivity contribution in [2.75, 3.05) is 0 Å².